The van der Waals surface area contributed by atoms with Crippen LogP contribution in [0.1, 0.15) is 11.1 Å². The van der Waals surface area contributed by atoms with E-state index in [1.165, 1.54) is 11.8 Å². The number of aryl methyl sites for hydroxylation is 1. The summed E-state index contributed by atoms with van der Waals surface area (Å²) in [6, 6.07) is 3.71. The molecule has 1 saturated heterocycles. The zero-order valence-corrected chi connectivity index (χ0v) is 12.3. The Kier molecular flexibility index (Phi) is 4.62. The normalized spacial score (nSPS) is 16.8. The third kappa shape index (κ3) is 3.30. The lowest BCUT2D eigenvalue weighted by Crippen LogP contribution is -2.19. The molecule has 106 valence electrons. The molecule has 0 saturated carbocycles. The topological polar surface area (TPSA) is 72.3 Å². The van der Waals surface area contributed by atoms with Crippen LogP contribution in [0.5, 0.6) is 11.5 Å². The summed E-state index contributed by atoms with van der Waals surface area (Å²) in [5, 5.41) is 11.0. The largest absolute Gasteiger partial charge is 0.496 e. The summed E-state index contributed by atoms with van der Waals surface area (Å²) in [5.41, 5.74) is 1.74. The maximum absolute atomic E-state index is 11.0. The van der Waals surface area contributed by atoms with Gasteiger partial charge in [-0.05, 0) is 24.6 Å². The fraction of sp³-hybridized carbons (Fsp3) is 0.308. The van der Waals surface area contributed by atoms with Crippen LogP contribution in [0.2, 0.25) is 0 Å². The Morgan fingerprint density at radius 2 is 2.05 bits per heavy atom. The third-order valence-electron chi connectivity index (χ3n) is 2.68. The Balaban J connectivity index is 2.21. The molecule has 1 amide bonds. The molecular weight excluding hydrogens is 278 g/mol. The fourth-order valence-electron chi connectivity index (χ4n) is 1.70. The number of hydrogen-bond donors (Lipinski definition) is 1. The minimum Gasteiger partial charge on any atom is -0.496 e. The molecule has 7 heteroatoms. The molecule has 0 aliphatic carbocycles. The smallest absolute Gasteiger partial charge is 0.236 e. The summed E-state index contributed by atoms with van der Waals surface area (Å²) in [4.78, 5) is 11.0. The average molecular weight is 293 g/mol. The van der Waals surface area contributed by atoms with Gasteiger partial charge in [0, 0.05) is 5.56 Å². The highest BCUT2D eigenvalue weighted by atomic mass is 32.2. The SMILES string of the molecule is COc1cc(C=NN=C2NC(=O)CS2)c(OC)cc1C. The number of hydrogen-bond acceptors (Lipinski definition) is 6. The van der Waals surface area contributed by atoms with Crippen LogP contribution in [0.3, 0.4) is 0 Å². The van der Waals surface area contributed by atoms with Crippen molar-refractivity contribution < 1.29 is 14.3 Å². The van der Waals surface area contributed by atoms with E-state index in [-0.39, 0.29) is 5.91 Å². The second kappa shape index (κ2) is 6.42. The second-order valence-electron chi connectivity index (χ2n) is 4.05. The van der Waals surface area contributed by atoms with Crippen LogP contribution in [0.4, 0.5) is 0 Å². The molecule has 1 aliphatic rings. The van der Waals surface area contributed by atoms with Crippen LogP contribution >= 0.6 is 11.8 Å². The second-order valence-corrected chi connectivity index (χ2v) is 5.01. The van der Waals surface area contributed by atoms with Gasteiger partial charge < -0.3 is 14.8 Å². The highest BCUT2D eigenvalue weighted by molar-refractivity contribution is 8.15. The van der Waals surface area contributed by atoms with Gasteiger partial charge in [0.25, 0.3) is 0 Å². The highest BCUT2D eigenvalue weighted by Crippen LogP contribution is 2.27. The van der Waals surface area contributed by atoms with Gasteiger partial charge in [-0.1, -0.05) is 11.8 Å². The molecule has 0 spiro atoms. The molecule has 0 unspecified atom stereocenters. The van der Waals surface area contributed by atoms with Crippen LogP contribution < -0.4 is 14.8 Å². The number of nitrogens with zero attached hydrogens (tertiary/aromatic N) is 2. The van der Waals surface area contributed by atoms with Gasteiger partial charge in [0.05, 0.1) is 26.2 Å². The van der Waals surface area contributed by atoms with Crippen LogP contribution in [0, 0.1) is 6.92 Å². The van der Waals surface area contributed by atoms with Crippen molar-refractivity contribution in [2.24, 2.45) is 10.2 Å². The third-order valence-corrected chi connectivity index (χ3v) is 3.54. The van der Waals surface area contributed by atoms with E-state index < -0.39 is 0 Å². The summed E-state index contributed by atoms with van der Waals surface area (Å²) in [6.07, 6.45) is 1.57. The minimum absolute atomic E-state index is 0.0569. The summed E-state index contributed by atoms with van der Waals surface area (Å²) >= 11 is 1.33. The predicted octanol–water partition coefficient (Wildman–Crippen LogP) is 1.57. The molecule has 1 aromatic carbocycles. The first-order valence-corrected chi connectivity index (χ1v) is 6.89. The lowest BCUT2D eigenvalue weighted by molar-refractivity contribution is -0.116. The first-order valence-electron chi connectivity index (χ1n) is 5.90. The van der Waals surface area contributed by atoms with Crippen molar-refractivity contribution in [3.05, 3.63) is 23.3 Å². The van der Waals surface area contributed by atoms with Crippen LogP contribution in [-0.2, 0) is 4.79 Å². The number of carbonyl (C=O) groups excluding carboxylic acids is 1. The fourth-order valence-corrected chi connectivity index (χ4v) is 2.33. The Labute approximate surface area is 121 Å². The van der Waals surface area contributed by atoms with Crippen LogP contribution in [0.15, 0.2) is 22.3 Å². The summed E-state index contributed by atoms with van der Waals surface area (Å²) in [7, 11) is 3.21. The number of benzene rings is 1. The standard InChI is InChI=1S/C13H15N3O3S/c1-8-4-11(19-3)9(5-10(8)18-2)6-14-16-13-15-12(17)7-20-13/h4-6H,7H2,1-3H3,(H,15,16,17). The van der Waals surface area contributed by atoms with Gasteiger partial charge in [-0.2, -0.15) is 5.10 Å². The lowest BCUT2D eigenvalue weighted by atomic mass is 10.1. The molecule has 1 N–H and O–H groups in total. The molecule has 0 bridgehead atoms. The molecule has 1 fully saturated rings. The zero-order valence-electron chi connectivity index (χ0n) is 11.5. The van der Waals surface area contributed by atoms with Gasteiger partial charge in [0.2, 0.25) is 5.91 Å². The van der Waals surface area contributed by atoms with Gasteiger partial charge in [-0.15, -0.1) is 5.10 Å². The van der Waals surface area contributed by atoms with Crippen molar-refractivity contribution in [1.82, 2.24) is 5.32 Å². The number of ether oxygens (including phenoxy) is 2. The predicted molar refractivity (Wildman–Crippen MR) is 79.9 cm³/mol. The first-order chi connectivity index (χ1) is 9.63. The molecule has 2 rings (SSSR count). The van der Waals surface area contributed by atoms with Gasteiger partial charge in [-0.25, -0.2) is 0 Å². The molecule has 1 heterocycles. The van der Waals surface area contributed by atoms with Crippen molar-refractivity contribution in [1.29, 1.82) is 0 Å². The van der Waals surface area contributed by atoms with E-state index in [4.69, 9.17) is 9.47 Å². The summed E-state index contributed by atoms with van der Waals surface area (Å²) in [5.74, 6) is 1.77. The minimum atomic E-state index is -0.0569. The number of carbonyl (C=O) groups is 1. The van der Waals surface area contributed by atoms with Gasteiger partial charge in [0.15, 0.2) is 5.17 Å². The van der Waals surface area contributed by atoms with Crippen LogP contribution in [0.25, 0.3) is 0 Å². The molecule has 20 heavy (non-hydrogen) atoms. The lowest BCUT2D eigenvalue weighted by Gasteiger charge is -2.09. The Hall–Kier alpha value is -2.02. The summed E-state index contributed by atoms with van der Waals surface area (Å²) < 4.78 is 10.6. The van der Waals surface area contributed by atoms with Crippen molar-refractivity contribution in [3.63, 3.8) is 0 Å². The van der Waals surface area contributed by atoms with Gasteiger partial charge >= 0.3 is 0 Å². The molecule has 6 nitrogen and oxygen atoms in total. The van der Waals surface area contributed by atoms with E-state index in [9.17, 15) is 4.79 Å². The summed E-state index contributed by atoms with van der Waals surface area (Å²) in [6.45, 7) is 1.94. The maximum atomic E-state index is 11.0. The molecule has 1 aromatic rings. The molecule has 1 aliphatic heterocycles. The van der Waals surface area contributed by atoms with Crippen molar-refractivity contribution in [2.75, 3.05) is 20.0 Å². The monoisotopic (exact) mass is 293 g/mol. The van der Waals surface area contributed by atoms with Crippen molar-refractivity contribution in [3.8, 4) is 11.5 Å². The number of rotatable bonds is 4. The molecule has 0 radical (unpaired) electrons. The van der Waals surface area contributed by atoms with Crippen LogP contribution in [-0.4, -0.2) is 37.3 Å². The van der Waals surface area contributed by atoms with Gasteiger partial charge in [-0.3, -0.25) is 4.79 Å². The number of methoxy groups -OCH3 is 2. The van der Waals surface area contributed by atoms with E-state index in [0.717, 1.165) is 16.9 Å². The molecule has 0 atom stereocenters. The van der Waals surface area contributed by atoms with E-state index in [2.05, 4.69) is 15.5 Å². The number of amidine groups is 1. The molecule has 0 aromatic heterocycles. The quantitative estimate of drug-likeness (QED) is 0.675. The Bertz CT molecular complexity index is 584. The van der Waals surface area contributed by atoms with E-state index in [0.29, 0.717) is 16.7 Å². The van der Waals surface area contributed by atoms with Gasteiger partial charge in [0.1, 0.15) is 11.5 Å². The van der Waals surface area contributed by atoms with E-state index >= 15 is 0 Å². The maximum Gasteiger partial charge on any atom is 0.236 e. The zero-order chi connectivity index (χ0) is 14.5. The number of nitrogens with one attached hydrogen (secondary N) is 1. The average Bonchev–Trinajstić information content (AvgIpc) is 2.85. The highest BCUT2D eigenvalue weighted by Gasteiger charge is 2.16. The van der Waals surface area contributed by atoms with Crippen molar-refractivity contribution in [2.45, 2.75) is 6.92 Å². The number of thioether (sulfide) groups is 1. The van der Waals surface area contributed by atoms with Crippen molar-refractivity contribution >= 4 is 29.1 Å². The first kappa shape index (κ1) is 14.4. The number of amides is 1. The Morgan fingerprint density at radius 1 is 1.30 bits per heavy atom. The molecular formula is C13H15N3O3S. The van der Waals surface area contributed by atoms with E-state index in [1.54, 1.807) is 20.4 Å². The Morgan fingerprint density at radius 3 is 2.65 bits per heavy atom. The van der Waals surface area contributed by atoms with E-state index in [1.807, 2.05) is 19.1 Å².